The molecule has 0 atom stereocenters. The maximum Gasteiger partial charge on any atom is 0.338 e. The van der Waals surface area contributed by atoms with Crippen LogP contribution in [-0.2, 0) is 15.3 Å². The van der Waals surface area contributed by atoms with Gasteiger partial charge >= 0.3 is 12.0 Å². The third-order valence-corrected chi connectivity index (χ3v) is 4.61. The average Bonchev–Trinajstić information content (AvgIpc) is 2.96. The van der Waals surface area contributed by atoms with Gasteiger partial charge < -0.3 is 10.5 Å². The van der Waals surface area contributed by atoms with Crippen LogP contribution in [0.4, 0.5) is 4.79 Å². The van der Waals surface area contributed by atoms with Gasteiger partial charge in [0.2, 0.25) is 0 Å². The lowest BCUT2D eigenvalue weighted by Gasteiger charge is -2.05. The molecule has 24 heavy (non-hydrogen) atoms. The van der Waals surface area contributed by atoms with Crippen molar-refractivity contribution in [2.45, 2.75) is 17.6 Å². The Hall–Kier alpha value is -2.39. The second-order valence-corrected chi connectivity index (χ2v) is 6.77. The van der Waals surface area contributed by atoms with Crippen molar-refractivity contribution in [2.75, 3.05) is 6.61 Å². The lowest BCUT2D eigenvalue weighted by molar-refractivity contribution is -0.123. The topological polar surface area (TPSA) is 111 Å². The van der Waals surface area contributed by atoms with E-state index in [1.54, 1.807) is 47.4 Å². The first-order chi connectivity index (χ1) is 11.4. The molecule has 0 aliphatic heterocycles. The number of primary amides is 1. The van der Waals surface area contributed by atoms with Crippen LogP contribution >= 0.6 is 23.1 Å². The van der Waals surface area contributed by atoms with E-state index in [0.717, 1.165) is 21.3 Å². The Morgan fingerprint density at radius 1 is 1.29 bits per heavy atom. The summed E-state index contributed by atoms with van der Waals surface area (Å²) in [5.41, 5.74) is 6.12. The lowest BCUT2D eigenvalue weighted by atomic mass is 10.2. The number of carbonyl (C=O) groups is 3. The van der Waals surface area contributed by atoms with Crippen molar-refractivity contribution in [3.8, 4) is 0 Å². The first kappa shape index (κ1) is 18.0. The molecule has 2 aromatic rings. The number of benzene rings is 1. The van der Waals surface area contributed by atoms with Crippen LogP contribution in [0.3, 0.4) is 0 Å². The van der Waals surface area contributed by atoms with Crippen LogP contribution in [0.25, 0.3) is 0 Å². The van der Waals surface area contributed by atoms with Crippen molar-refractivity contribution in [3.05, 3.63) is 45.9 Å². The van der Waals surface area contributed by atoms with E-state index in [9.17, 15) is 14.4 Å². The minimum atomic E-state index is -0.993. The molecule has 3 amide bonds. The van der Waals surface area contributed by atoms with E-state index < -0.39 is 24.5 Å². The highest BCUT2D eigenvalue weighted by atomic mass is 32.2. The van der Waals surface area contributed by atoms with Crippen LogP contribution in [0.5, 0.6) is 0 Å². The predicted octanol–water partition coefficient (Wildman–Crippen LogP) is 2.10. The van der Waals surface area contributed by atoms with Crippen LogP contribution < -0.4 is 11.1 Å². The molecule has 0 fully saturated rings. The van der Waals surface area contributed by atoms with Crippen LogP contribution in [0.1, 0.15) is 21.1 Å². The molecule has 0 saturated heterocycles. The molecule has 9 heteroatoms. The highest BCUT2D eigenvalue weighted by molar-refractivity contribution is 7.98. The van der Waals surface area contributed by atoms with Crippen molar-refractivity contribution in [3.63, 3.8) is 0 Å². The number of ether oxygens (including phenoxy) is 1. The van der Waals surface area contributed by atoms with E-state index in [4.69, 9.17) is 10.5 Å². The summed E-state index contributed by atoms with van der Waals surface area (Å²) >= 11 is 3.22. The second kappa shape index (κ2) is 8.46. The maximum absolute atomic E-state index is 11.8. The van der Waals surface area contributed by atoms with Gasteiger partial charge in [-0.25, -0.2) is 14.6 Å². The maximum atomic E-state index is 11.8. The molecule has 0 radical (unpaired) electrons. The third-order valence-electron chi connectivity index (χ3n) is 2.74. The van der Waals surface area contributed by atoms with Crippen molar-refractivity contribution >= 4 is 41.0 Å². The summed E-state index contributed by atoms with van der Waals surface area (Å²) in [6, 6.07) is 5.83. The number of imide groups is 1. The number of rotatable bonds is 6. The van der Waals surface area contributed by atoms with Gasteiger partial charge in [0.1, 0.15) is 0 Å². The number of thioether (sulfide) groups is 1. The molecule has 3 N–H and O–H groups in total. The third kappa shape index (κ3) is 5.67. The minimum Gasteiger partial charge on any atom is -0.452 e. The minimum absolute atomic E-state index is 0.315. The van der Waals surface area contributed by atoms with Crippen molar-refractivity contribution in [1.29, 1.82) is 0 Å². The molecule has 0 aliphatic carbocycles. The molecule has 1 heterocycles. The fourth-order valence-electron chi connectivity index (χ4n) is 1.71. The fourth-order valence-corrected chi connectivity index (χ4v) is 3.22. The zero-order valence-corrected chi connectivity index (χ0v) is 14.4. The highest BCUT2D eigenvalue weighted by Crippen LogP contribution is 2.24. The van der Waals surface area contributed by atoms with Crippen molar-refractivity contribution in [2.24, 2.45) is 5.73 Å². The van der Waals surface area contributed by atoms with Crippen LogP contribution in [0, 0.1) is 6.92 Å². The number of hydrogen-bond donors (Lipinski definition) is 2. The number of aromatic nitrogens is 1. The summed E-state index contributed by atoms with van der Waals surface area (Å²) in [7, 11) is 0. The van der Waals surface area contributed by atoms with E-state index in [1.165, 1.54) is 0 Å². The Balaban J connectivity index is 1.83. The highest BCUT2D eigenvalue weighted by Gasteiger charge is 2.11. The molecular formula is C15H15N3O4S2. The Morgan fingerprint density at radius 3 is 2.58 bits per heavy atom. The van der Waals surface area contributed by atoms with Gasteiger partial charge in [-0.2, -0.15) is 0 Å². The molecule has 7 nitrogen and oxygen atoms in total. The number of nitrogens with one attached hydrogen (secondary N) is 1. The Morgan fingerprint density at radius 2 is 2.00 bits per heavy atom. The molecule has 0 unspecified atom stereocenters. The second-order valence-electron chi connectivity index (χ2n) is 4.66. The van der Waals surface area contributed by atoms with Gasteiger partial charge in [-0.05, 0) is 31.2 Å². The zero-order valence-electron chi connectivity index (χ0n) is 12.8. The monoisotopic (exact) mass is 365 g/mol. The zero-order chi connectivity index (χ0) is 17.5. The van der Waals surface area contributed by atoms with Gasteiger partial charge in [0.15, 0.2) is 6.61 Å². The van der Waals surface area contributed by atoms with Crippen LogP contribution in [-0.4, -0.2) is 29.5 Å². The molecule has 0 spiro atoms. The summed E-state index contributed by atoms with van der Waals surface area (Å²) in [5.74, 6) is -0.676. The predicted molar refractivity (Wildman–Crippen MR) is 90.9 cm³/mol. The Kier molecular flexibility index (Phi) is 6.33. The number of nitrogens with zero attached hydrogens (tertiary/aromatic N) is 1. The fraction of sp³-hybridized carbons (Fsp3) is 0.200. The number of hydrogen-bond acceptors (Lipinski definition) is 7. The van der Waals surface area contributed by atoms with E-state index in [-0.39, 0.29) is 0 Å². The number of esters is 1. The standard InChI is InChI=1S/C15H15N3O4S2/c1-9-17-11(7-23-9)8-24-12-4-2-10(3-5-12)14(20)22-6-13(19)18-15(16)21/h2-5,7H,6,8H2,1H3,(H3,16,18,19,21). The molecule has 2 rings (SSSR count). The Labute approximate surface area is 146 Å². The number of urea groups is 1. The molecule has 0 saturated carbocycles. The van der Waals surface area contributed by atoms with E-state index in [2.05, 4.69) is 4.98 Å². The molecule has 0 aliphatic rings. The van der Waals surface area contributed by atoms with E-state index in [1.807, 2.05) is 17.6 Å². The van der Waals surface area contributed by atoms with Crippen molar-refractivity contribution in [1.82, 2.24) is 10.3 Å². The van der Waals surface area contributed by atoms with Gasteiger partial charge in [-0.1, -0.05) is 0 Å². The van der Waals surface area contributed by atoms with Crippen LogP contribution in [0.2, 0.25) is 0 Å². The first-order valence-electron chi connectivity index (χ1n) is 6.84. The average molecular weight is 365 g/mol. The molecule has 1 aromatic heterocycles. The number of amides is 3. The summed E-state index contributed by atoms with van der Waals surface area (Å²) in [5, 5.41) is 4.86. The lowest BCUT2D eigenvalue weighted by Crippen LogP contribution is -2.37. The Bertz CT molecular complexity index is 743. The normalized spacial score (nSPS) is 10.2. The van der Waals surface area contributed by atoms with Crippen LogP contribution in [0.15, 0.2) is 34.5 Å². The van der Waals surface area contributed by atoms with Crippen molar-refractivity contribution < 1.29 is 19.1 Å². The van der Waals surface area contributed by atoms with Gasteiger partial charge in [-0.3, -0.25) is 10.1 Å². The molecular weight excluding hydrogens is 350 g/mol. The van der Waals surface area contributed by atoms with Gasteiger partial charge in [0.05, 0.1) is 16.3 Å². The number of aryl methyl sites for hydroxylation is 1. The number of thiazole rings is 1. The summed E-state index contributed by atoms with van der Waals surface area (Å²) in [6.07, 6.45) is 0. The van der Waals surface area contributed by atoms with Gasteiger partial charge in [-0.15, -0.1) is 23.1 Å². The largest absolute Gasteiger partial charge is 0.452 e. The quantitative estimate of drug-likeness (QED) is 0.599. The SMILES string of the molecule is Cc1nc(CSc2ccc(C(=O)OCC(=O)NC(N)=O)cc2)cs1. The summed E-state index contributed by atoms with van der Waals surface area (Å²) < 4.78 is 4.79. The summed E-state index contributed by atoms with van der Waals surface area (Å²) in [4.78, 5) is 38.8. The number of carbonyl (C=O) groups excluding carboxylic acids is 3. The number of nitrogens with two attached hydrogens (primary N) is 1. The first-order valence-corrected chi connectivity index (χ1v) is 8.71. The van der Waals surface area contributed by atoms with E-state index >= 15 is 0 Å². The smallest absolute Gasteiger partial charge is 0.338 e. The van der Waals surface area contributed by atoms with Gasteiger partial charge in [0.25, 0.3) is 5.91 Å². The molecule has 1 aromatic carbocycles. The summed E-state index contributed by atoms with van der Waals surface area (Å²) in [6.45, 7) is 1.39. The molecule has 0 bridgehead atoms. The van der Waals surface area contributed by atoms with E-state index in [0.29, 0.717) is 5.56 Å². The van der Waals surface area contributed by atoms with Gasteiger partial charge in [0, 0.05) is 16.0 Å². The molecule has 126 valence electrons.